The van der Waals surface area contributed by atoms with Crippen LogP contribution in [-0.4, -0.2) is 86.5 Å². The van der Waals surface area contributed by atoms with E-state index < -0.39 is 41.8 Å². The van der Waals surface area contributed by atoms with Crippen molar-refractivity contribution < 1.29 is 45.9 Å². The minimum absolute atomic E-state index is 0.0308. The van der Waals surface area contributed by atoms with Gasteiger partial charge in [0.05, 0.1) is 24.2 Å². The molecule has 0 aromatic heterocycles. The molecule has 0 unspecified atom stereocenters. The van der Waals surface area contributed by atoms with E-state index in [2.05, 4.69) is 15.7 Å². The van der Waals surface area contributed by atoms with Crippen molar-refractivity contribution in [3.63, 3.8) is 0 Å². The first-order valence-electron chi connectivity index (χ1n) is 18.2. The number of urea groups is 2. The van der Waals surface area contributed by atoms with E-state index in [1.807, 2.05) is 13.8 Å². The van der Waals surface area contributed by atoms with E-state index in [-0.39, 0.29) is 48.6 Å². The van der Waals surface area contributed by atoms with Gasteiger partial charge in [-0.05, 0) is 108 Å². The standard InChI is InChI=1S/C37H52N5O10PS/c1-7-33-26(4)23-42(34(33)43)36(45)38-22-21-28-15-19-32(20-16-28)54(48,49)41(6)37(46)39-30-17-13-29(14-18-30)24-50-53(47,52-31-11-9-8-10-12-31)40-27(5)35(44)51-25(2)3/h8-12,15-16,19-20,25,27,29-30H,7,13-14,17-18,21-24H2,1-6H3,(H,38,45)(H,39,46)(H,40,47)/t27-,29?,30?,53+/m0/s1. The van der Waals surface area contributed by atoms with Crippen LogP contribution in [0.25, 0.3) is 0 Å². The molecule has 17 heteroatoms. The Balaban J connectivity index is 1.24. The van der Waals surface area contributed by atoms with E-state index in [4.69, 9.17) is 13.8 Å². The van der Waals surface area contributed by atoms with Gasteiger partial charge in [-0.1, -0.05) is 37.3 Å². The van der Waals surface area contributed by atoms with Crippen LogP contribution in [-0.2, 0) is 39.9 Å². The third kappa shape index (κ3) is 11.4. The molecular formula is C37H52N5O10PS. The molecule has 5 amide bonds. The number of amides is 5. The second kappa shape index (κ2) is 18.9. The molecule has 2 aromatic carbocycles. The first-order chi connectivity index (χ1) is 25.5. The summed E-state index contributed by atoms with van der Waals surface area (Å²) in [5, 5.41) is 8.24. The molecule has 1 aliphatic carbocycles. The molecule has 0 saturated heterocycles. The third-order valence-electron chi connectivity index (χ3n) is 9.25. The number of nitrogens with zero attached hydrogens (tertiary/aromatic N) is 2. The van der Waals surface area contributed by atoms with E-state index >= 15 is 0 Å². The number of carbonyl (C=O) groups is 4. The average Bonchev–Trinajstić information content (AvgIpc) is 3.43. The quantitative estimate of drug-likeness (QED) is 0.143. The van der Waals surface area contributed by atoms with E-state index in [9.17, 15) is 32.2 Å². The second-order valence-electron chi connectivity index (χ2n) is 13.8. The monoisotopic (exact) mass is 789 g/mol. The van der Waals surface area contributed by atoms with Gasteiger partial charge >= 0.3 is 25.8 Å². The van der Waals surface area contributed by atoms with Gasteiger partial charge in [0.2, 0.25) is 0 Å². The zero-order chi connectivity index (χ0) is 39.6. The fourth-order valence-corrected chi connectivity index (χ4v) is 8.78. The molecule has 54 heavy (non-hydrogen) atoms. The summed E-state index contributed by atoms with van der Waals surface area (Å²) in [5.74, 6) is -0.606. The van der Waals surface area contributed by atoms with Crippen LogP contribution in [0.15, 0.2) is 70.6 Å². The van der Waals surface area contributed by atoms with Gasteiger partial charge in [0.15, 0.2) is 0 Å². The summed E-state index contributed by atoms with van der Waals surface area (Å²) in [4.78, 5) is 51.6. The summed E-state index contributed by atoms with van der Waals surface area (Å²) in [7, 11) is -6.97. The van der Waals surface area contributed by atoms with Crippen molar-refractivity contribution in [1.82, 2.24) is 24.9 Å². The van der Waals surface area contributed by atoms with Gasteiger partial charge in [0, 0.05) is 25.2 Å². The SMILES string of the molecule is CCC1=C(C)CN(C(=O)NCCc2ccc(S(=O)(=O)N(C)C(=O)NC3CCC(CO[P@](=O)(N[C@@H](C)C(=O)OC(C)C)Oc4ccccc4)CC3)cc2)C1=O. The van der Waals surface area contributed by atoms with E-state index in [0.717, 1.165) is 11.1 Å². The fourth-order valence-electron chi connectivity index (χ4n) is 6.15. The van der Waals surface area contributed by atoms with Gasteiger partial charge in [-0.25, -0.2) is 26.9 Å². The van der Waals surface area contributed by atoms with Crippen molar-refractivity contribution in [1.29, 1.82) is 0 Å². The molecule has 1 fully saturated rings. The highest BCUT2D eigenvalue weighted by Gasteiger charge is 2.35. The summed E-state index contributed by atoms with van der Waals surface area (Å²) in [6, 6.07) is 12.0. The van der Waals surface area contributed by atoms with Crippen LogP contribution in [0.1, 0.15) is 72.3 Å². The molecule has 15 nitrogen and oxygen atoms in total. The number of carbonyl (C=O) groups excluding carboxylic acids is 4. The van der Waals surface area contributed by atoms with Gasteiger partial charge < -0.3 is 19.9 Å². The summed E-state index contributed by atoms with van der Waals surface area (Å²) in [6.45, 7) is 9.24. The number of rotatable bonds is 16. The normalized spacial score (nSPS) is 19.2. The Hall–Kier alpha value is -4.24. The first-order valence-corrected chi connectivity index (χ1v) is 21.2. The number of hydrogen-bond acceptors (Lipinski definition) is 10. The van der Waals surface area contributed by atoms with Crippen molar-refractivity contribution in [2.24, 2.45) is 5.92 Å². The smallest absolute Gasteiger partial charge is 0.459 e. The predicted molar refractivity (Wildman–Crippen MR) is 202 cm³/mol. The molecule has 0 spiro atoms. The lowest BCUT2D eigenvalue weighted by Gasteiger charge is -2.31. The average molecular weight is 790 g/mol. The molecule has 2 aromatic rings. The summed E-state index contributed by atoms with van der Waals surface area (Å²) in [6.07, 6.45) is 2.89. The van der Waals surface area contributed by atoms with Crippen LogP contribution in [0.2, 0.25) is 0 Å². The van der Waals surface area contributed by atoms with Crippen molar-refractivity contribution >= 4 is 41.7 Å². The molecule has 0 bridgehead atoms. The first kappa shape index (κ1) is 42.5. The summed E-state index contributed by atoms with van der Waals surface area (Å²) in [5.41, 5.74) is 2.30. The lowest BCUT2D eigenvalue weighted by Crippen LogP contribution is -2.46. The maximum absolute atomic E-state index is 13.8. The van der Waals surface area contributed by atoms with Crippen LogP contribution in [0.5, 0.6) is 5.75 Å². The second-order valence-corrected chi connectivity index (χ2v) is 17.5. The molecule has 1 saturated carbocycles. The number of imide groups is 1. The molecule has 3 N–H and O–H groups in total. The Kier molecular flexibility index (Phi) is 14.9. The fraction of sp³-hybridized carbons (Fsp3) is 0.514. The zero-order valence-electron chi connectivity index (χ0n) is 31.7. The van der Waals surface area contributed by atoms with Gasteiger partial charge in [-0.3, -0.25) is 19.0 Å². The molecule has 2 aliphatic rings. The lowest BCUT2D eigenvalue weighted by atomic mass is 9.87. The highest BCUT2D eigenvalue weighted by atomic mass is 32.2. The Bertz CT molecular complexity index is 1830. The van der Waals surface area contributed by atoms with Crippen LogP contribution in [0.3, 0.4) is 0 Å². The van der Waals surface area contributed by atoms with E-state index in [0.29, 0.717) is 54.2 Å². The summed E-state index contributed by atoms with van der Waals surface area (Å²) >= 11 is 0. The minimum Gasteiger partial charge on any atom is -0.462 e. The van der Waals surface area contributed by atoms with Crippen LogP contribution >= 0.6 is 7.75 Å². The predicted octanol–water partition coefficient (Wildman–Crippen LogP) is 5.53. The van der Waals surface area contributed by atoms with E-state index in [1.165, 1.54) is 31.0 Å². The number of para-hydroxylation sites is 1. The molecular weight excluding hydrogens is 737 g/mol. The van der Waals surface area contributed by atoms with Gasteiger partial charge in [0.1, 0.15) is 11.8 Å². The Labute approximate surface area is 317 Å². The zero-order valence-corrected chi connectivity index (χ0v) is 33.4. The number of nitrogens with one attached hydrogen (secondary N) is 3. The topological polar surface area (TPSA) is 190 Å². The maximum Gasteiger partial charge on any atom is 0.459 e. The molecule has 296 valence electrons. The van der Waals surface area contributed by atoms with Crippen molar-refractivity contribution in [2.75, 3.05) is 26.7 Å². The summed E-state index contributed by atoms with van der Waals surface area (Å²) < 4.78 is 57.8. The number of benzene rings is 2. The third-order valence-corrected chi connectivity index (χ3v) is 12.6. The number of sulfonamides is 1. The van der Waals surface area contributed by atoms with Crippen LogP contribution in [0, 0.1) is 5.92 Å². The van der Waals surface area contributed by atoms with Crippen molar-refractivity contribution in [3.8, 4) is 5.75 Å². The molecule has 0 radical (unpaired) electrons. The van der Waals surface area contributed by atoms with Gasteiger partial charge in [0.25, 0.3) is 15.9 Å². The van der Waals surface area contributed by atoms with Crippen molar-refractivity contribution in [3.05, 3.63) is 71.3 Å². The number of ether oxygens (including phenoxy) is 1. The van der Waals surface area contributed by atoms with E-state index in [1.54, 1.807) is 56.3 Å². The minimum atomic E-state index is -4.16. The highest BCUT2D eigenvalue weighted by molar-refractivity contribution is 7.89. The maximum atomic E-state index is 13.8. The Morgan fingerprint density at radius 3 is 2.24 bits per heavy atom. The molecule has 1 heterocycles. The number of esters is 1. The van der Waals surface area contributed by atoms with Crippen molar-refractivity contribution in [2.45, 2.75) is 96.2 Å². The van der Waals surface area contributed by atoms with Crippen LogP contribution in [0.4, 0.5) is 9.59 Å². The Morgan fingerprint density at radius 1 is 1.00 bits per heavy atom. The van der Waals surface area contributed by atoms with Crippen LogP contribution < -0.4 is 20.2 Å². The highest BCUT2D eigenvalue weighted by Crippen LogP contribution is 2.46. The molecule has 4 rings (SSSR count). The Morgan fingerprint density at radius 2 is 1.65 bits per heavy atom. The van der Waals surface area contributed by atoms with Gasteiger partial charge in [-0.15, -0.1) is 0 Å². The largest absolute Gasteiger partial charge is 0.462 e. The van der Waals surface area contributed by atoms with Gasteiger partial charge in [-0.2, -0.15) is 5.09 Å². The lowest BCUT2D eigenvalue weighted by molar-refractivity contribution is -0.149. The molecule has 2 atom stereocenters. The number of hydrogen-bond donors (Lipinski definition) is 3. The molecule has 1 aliphatic heterocycles.